The molecule has 0 saturated carbocycles. The van der Waals surface area contributed by atoms with Crippen LogP contribution in [0.5, 0.6) is 5.75 Å². The minimum atomic E-state index is -0.729. The number of nitrogens with zero attached hydrogens (tertiary/aromatic N) is 3. The number of hydrogen-bond acceptors (Lipinski definition) is 5. The average Bonchev–Trinajstić information content (AvgIpc) is 3.27. The van der Waals surface area contributed by atoms with Gasteiger partial charge in [0.25, 0.3) is 5.91 Å². The first kappa shape index (κ1) is 25.6. The smallest absolute Gasteiger partial charge is 0.258 e. The molecule has 0 radical (unpaired) electrons. The largest absolute Gasteiger partial charge is 0.482 e. The van der Waals surface area contributed by atoms with Gasteiger partial charge in [-0.15, -0.1) is 10.2 Å². The van der Waals surface area contributed by atoms with Crippen molar-refractivity contribution in [2.45, 2.75) is 71.8 Å². The van der Waals surface area contributed by atoms with Gasteiger partial charge in [-0.05, 0) is 26.0 Å². The molecule has 184 valence electrons. The van der Waals surface area contributed by atoms with Crippen molar-refractivity contribution >= 4 is 34.7 Å². The summed E-state index contributed by atoms with van der Waals surface area (Å²) in [6.45, 7) is 15.2. The highest BCUT2D eigenvalue weighted by Gasteiger charge is 2.44. The van der Waals surface area contributed by atoms with Crippen LogP contribution in [-0.4, -0.2) is 43.8 Å². The molecule has 3 N–H and O–H groups in total. The predicted octanol–water partition coefficient (Wildman–Crippen LogP) is 4.22. The maximum absolute atomic E-state index is 12.8. The van der Waals surface area contributed by atoms with Gasteiger partial charge in [0.1, 0.15) is 10.8 Å². The van der Waals surface area contributed by atoms with Crippen molar-refractivity contribution < 1.29 is 14.3 Å². The molecule has 0 aliphatic rings. The molecule has 0 atom stereocenters. The van der Waals surface area contributed by atoms with Crippen molar-refractivity contribution in [1.29, 1.82) is 0 Å². The lowest BCUT2D eigenvalue weighted by Gasteiger charge is -2.40. The summed E-state index contributed by atoms with van der Waals surface area (Å²) in [5.74, 6) is 0.528. The Labute approximate surface area is 204 Å². The van der Waals surface area contributed by atoms with Gasteiger partial charge in [0, 0.05) is 23.3 Å². The lowest BCUT2D eigenvalue weighted by molar-refractivity contribution is -0.125. The summed E-state index contributed by atoms with van der Waals surface area (Å²) in [6, 6.07) is 6.96. The molecule has 3 aromatic rings. The second-order valence-corrected chi connectivity index (χ2v) is 10.9. The number of benzene rings is 1. The Hall–Kier alpha value is -3.07. The van der Waals surface area contributed by atoms with Gasteiger partial charge in [0.2, 0.25) is 5.91 Å². The van der Waals surface area contributed by atoms with Crippen molar-refractivity contribution in [3.8, 4) is 5.75 Å². The van der Waals surface area contributed by atoms with Crippen molar-refractivity contribution in [2.24, 2.45) is 0 Å². The highest BCUT2D eigenvalue weighted by atomic mass is 35.5. The number of aromatic amines is 1. The zero-order chi connectivity index (χ0) is 25.5. The number of rotatable bonds is 7. The average molecular weight is 489 g/mol. The fraction of sp³-hybridized carbons (Fsp3) is 0.500. The van der Waals surface area contributed by atoms with E-state index >= 15 is 0 Å². The van der Waals surface area contributed by atoms with Crippen molar-refractivity contribution in [1.82, 2.24) is 25.1 Å². The number of amides is 2. The number of carbonyl (C=O) groups excluding carboxylic acids is 2. The van der Waals surface area contributed by atoms with Gasteiger partial charge in [-0.2, -0.15) is 0 Å². The summed E-state index contributed by atoms with van der Waals surface area (Å²) in [4.78, 5) is 24.3. The Bertz CT molecular complexity index is 1220. The van der Waals surface area contributed by atoms with Crippen LogP contribution < -0.4 is 15.4 Å². The second-order valence-electron chi connectivity index (χ2n) is 10.5. The fourth-order valence-corrected chi connectivity index (χ4v) is 4.00. The van der Waals surface area contributed by atoms with Crippen LogP contribution in [0.3, 0.4) is 0 Å². The molecule has 10 heteroatoms. The number of anilines is 1. The van der Waals surface area contributed by atoms with Gasteiger partial charge < -0.3 is 15.4 Å². The monoisotopic (exact) mass is 488 g/mol. The first-order valence-corrected chi connectivity index (χ1v) is 11.5. The van der Waals surface area contributed by atoms with Gasteiger partial charge in [-0.3, -0.25) is 14.7 Å². The third-order valence-electron chi connectivity index (χ3n) is 6.18. The molecule has 0 unspecified atom stereocenters. The van der Waals surface area contributed by atoms with E-state index in [0.29, 0.717) is 27.9 Å². The molecule has 2 heterocycles. The first-order chi connectivity index (χ1) is 15.6. The number of ether oxygens (including phenoxy) is 1. The maximum Gasteiger partial charge on any atom is 0.258 e. The minimum absolute atomic E-state index is 0.201. The zero-order valence-electron chi connectivity index (χ0n) is 21.0. The molecule has 0 aliphatic carbocycles. The lowest BCUT2D eigenvalue weighted by Crippen LogP contribution is -2.57. The van der Waals surface area contributed by atoms with E-state index in [-0.39, 0.29) is 23.8 Å². The number of fused-ring (bicyclic) bond motifs is 1. The van der Waals surface area contributed by atoms with Crippen LogP contribution >= 0.6 is 11.6 Å². The molecule has 2 aromatic heterocycles. The van der Waals surface area contributed by atoms with E-state index in [1.54, 1.807) is 28.8 Å². The summed E-state index contributed by atoms with van der Waals surface area (Å²) in [6.07, 6.45) is 0. The fourth-order valence-electron chi connectivity index (χ4n) is 3.56. The number of aromatic nitrogens is 4. The number of nitrogens with one attached hydrogen (secondary N) is 3. The predicted molar refractivity (Wildman–Crippen MR) is 133 cm³/mol. The molecule has 0 aliphatic heterocycles. The molecular weight excluding hydrogens is 456 g/mol. The summed E-state index contributed by atoms with van der Waals surface area (Å²) in [5.41, 5.74) is 0.353. The molecule has 0 saturated heterocycles. The highest BCUT2D eigenvalue weighted by Crippen LogP contribution is 2.37. The van der Waals surface area contributed by atoms with E-state index in [0.717, 1.165) is 5.69 Å². The number of para-hydroxylation sites is 2. The van der Waals surface area contributed by atoms with Gasteiger partial charge in [0.15, 0.2) is 18.1 Å². The van der Waals surface area contributed by atoms with Crippen LogP contribution in [-0.2, 0) is 20.4 Å². The third kappa shape index (κ3) is 4.89. The topological polar surface area (TPSA) is 113 Å². The molecule has 0 spiro atoms. The standard InChI is InChI=1S/C24H33ClN6O3/c1-14(32)26-15-11-9-10-12-16(15)34-13-17(33)27-24(7,8)23(5,6)21-29-28-20-18(25)19(22(2,3)4)30-31(20)21/h9-12,30H,13H2,1-8H3,(H,26,32)(H,27,33). The molecular formula is C24H33ClN6O3. The maximum atomic E-state index is 12.8. The Morgan fingerprint density at radius 2 is 1.74 bits per heavy atom. The quantitative estimate of drug-likeness (QED) is 0.460. The normalized spacial score (nSPS) is 12.6. The van der Waals surface area contributed by atoms with Gasteiger partial charge >= 0.3 is 0 Å². The van der Waals surface area contributed by atoms with E-state index in [1.807, 2.05) is 27.7 Å². The van der Waals surface area contributed by atoms with Gasteiger partial charge in [-0.1, -0.05) is 58.4 Å². The zero-order valence-corrected chi connectivity index (χ0v) is 21.7. The van der Waals surface area contributed by atoms with Crippen LogP contribution in [0.15, 0.2) is 24.3 Å². The van der Waals surface area contributed by atoms with Crippen LogP contribution in [0.2, 0.25) is 5.02 Å². The Morgan fingerprint density at radius 3 is 2.35 bits per heavy atom. The van der Waals surface area contributed by atoms with E-state index in [9.17, 15) is 9.59 Å². The van der Waals surface area contributed by atoms with Crippen LogP contribution in [0.25, 0.3) is 5.65 Å². The molecule has 0 bridgehead atoms. The Kier molecular flexibility index (Phi) is 6.72. The summed E-state index contributed by atoms with van der Waals surface area (Å²) in [5, 5.41) is 18.3. The number of hydrogen-bond donors (Lipinski definition) is 3. The molecule has 1 aromatic carbocycles. The minimum Gasteiger partial charge on any atom is -0.482 e. The molecule has 34 heavy (non-hydrogen) atoms. The van der Waals surface area contributed by atoms with Crippen LogP contribution in [0.4, 0.5) is 5.69 Å². The van der Waals surface area contributed by atoms with Crippen LogP contribution in [0, 0.1) is 0 Å². The van der Waals surface area contributed by atoms with Crippen LogP contribution in [0.1, 0.15) is 66.9 Å². The second kappa shape index (κ2) is 8.94. The first-order valence-electron chi connectivity index (χ1n) is 11.1. The van der Waals surface area contributed by atoms with E-state index in [1.165, 1.54) is 6.92 Å². The molecule has 2 amide bonds. The third-order valence-corrected chi connectivity index (χ3v) is 6.54. The number of halogens is 1. The molecule has 9 nitrogen and oxygen atoms in total. The highest BCUT2D eigenvalue weighted by molar-refractivity contribution is 6.34. The van der Waals surface area contributed by atoms with Gasteiger partial charge in [0.05, 0.1) is 11.4 Å². The Morgan fingerprint density at radius 1 is 1.09 bits per heavy atom. The SMILES string of the molecule is CC(=O)Nc1ccccc1OCC(=O)NC(C)(C)C(C)(C)c1nnc2c(Cl)c(C(C)(C)C)[nH]n12. The van der Waals surface area contributed by atoms with Crippen molar-refractivity contribution in [3.05, 3.63) is 40.8 Å². The molecule has 0 fully saturated rings. The summed E-state index contributed by atoms with van der Waals surface area (Å²) in [7, 11) is 0. The summed E-state index contributed by atoms with van der Waals surface area (Å²) < 4.78 is 7.48. The van der Waals surface area contributed by atoms with E-state index < -0.39 is 11.0 Å². The van der Waals surface area contributed by atoms with Crippen molar-refractivity contribution in [2.75, 3.05) is 11.9 Å². The van der Waals surface area contributed by atoms with Gasteiger partial charge in [-0.25, -0.2) is 4.52 Å². The summed E-state index contributed by atoms with van der Waals surface area (Å²) >= 11 is 6.58. The van der Waals surface area contributed by atoms with E-state index in [4.69, 9.17) is 16.3 Å². The van der Waals surface area contributed by atoms with E-state index in [2.05, 4.69) is 46.7 Å². The number of H-pyrrole nitrogens is 1. The lowest BCUT2D eigenvalue weighted by atomic mass is 9.73. The van der Waals surface area contributed by atoms with Crippen molar-refractivity contribution in [3.63, 3.8) is 0 Å². The number of carbonyl (C=O) groups is 2. The Balaban J connectivity index is 1.79. The molecule has 3 rings (SSSR count).